The fourth-order valence-corrected chi connectivity index (χ4v) is 4.67. The van der Waals surface area contributed by atoms with Crippen LogP contribution in [0, 0.1) is 5.82 Å². The fourth-order valence-electron chi connectivity index (χ4n) is 4.67. The van der Waals surface area contributed by atoms with Crippen LogP contribution >= 0.6 is 0 Å². The van der Waals surface area contributed by atoms with Crippen LogP contribution in [0.4, 0.5) is 20.7 Å². The predicted molar refractivity (Wildman–Crippen MR) is 130 cm³/mol. The maximum atomic E-state index is 13.6. The number of hydrogen-bond donors (Lipinski definition) is 1. The molecule has 1 N–H and O–H groups in total. The van der Waals surface area contributed by atoms with E-state index in [0.29, 0.717) is 55.4 Å². The molecule has 182 valence electrons. The van der Waals surface area contributed by atoms with E-state index in [1.807, 2.05) is 32.1 Å². The second-order valence-electron chi connectivity index (χ2n) is 9.13. The molecule has 2 aromatic rings. The first kappa shape index (κ1) is 22.9. The van der Waals surface area contributed by atoms with Crippen molar-refractivity contribution in [3.63, 3.8) is 0 Å². The van der Waals surface area contributed by atoms with Gasteiger partial charge in [0.05, 0.1) is 17.9 Å². The average Bonchev–Trinajstić information content (AvgIpc) is 3.33. The van der Waals surface area contributed by atoms with E-state index in [1.54, 1.807) is 24.1 Å². The van der Waals surface area contributed by atoms with Crippen molar-refractivity contribution < 1.29 is 23.5 Å². The summed E-state index contributed by atoms with van der Waals surface area (Å²) in [5, 5.41) is 2.71. The third kappa shape index (κ3) is 4.22. The van der Waals surface area contributed by atoms with Gasteiger partial charge in [-0.2, -0.15) is 0 Å². The van der Waals surface area contributed by atoms with Gasteiger partial charge in [0.1, 0.15) is 23.0 Å². The summed E-state index contributed by atoms with van der Waals surface area (Å²) in [5.41, 5.74) is 2.56. The summed E-state index contributed by atoms with van der Waals surface area (Å²) in [7, 11) is 0. The quantitative estimate of drug-likeness (QED) is 0.670. The summed E-state index contributed by atoms with van der Waals surface area (Å²) in [6.45, 7) is 8.55. The molecule has 1 saturated heterocycles. The Labute approximate surface area is 203 Å². The van der Waals surface area contributed by atoms with E-state index in [4.69, 9.17) is 9.47 Å². The van der Waals surface area contributed by atoms with Gasteiger partial charge in [0.15, 0.2) is 0 Å². The first-order valence-electron chi connectivity index (χ1n) is 11.7. The van der Waals surface area contributed by atoms with Crippen molar-refractivity contribution in [1.29, 1.82) is 0 Å². The first-order chi connectivity index (χ1) is 16.8. The number of piperazine rings is 1. The highest BCUT2D eigenvalue weighted by atomic mass is 19.1. The van der Waals surface area contributed by atoms with Crippen LogP contribution in [0.15, 0.2) is 48.4 Å². The first-order valence-corrected chi connectivity index (χ1v) is 11.7. The minimum atomic E-state index is -0.681. The highest BCUT2D eigenvalue weighted by molar-refractivity contribution is 6.32. The number of anilines is 2. The highest BCUT2D eigenvalue weighted by Gasteiger charge is 2.38. The summed E-state index contributed by atoms with van der Waals surface area (Å²) in [6.07, 6.45) is 3.39. The third-order valence-corrected chi connectivity index (χ3v) is 6.45. The van der Waals surface area contributed by atoms with Crippen LogP contribution in [-0.4, -0.2) is 60.3 Å². The van der Waals surface area contributed by atoms with Crippen LogP contribution in [0.5, 0.6) is 0 Å². The number of fused-ring (bicyclic) bond motifs is 1. The highest BCUT2D eigenvalue weighted by Crippen LogP contribution is 2.44. The molecule has 0 saturated carbocycles. The molecule has 4 heterocycles. The molecular formula is C26H27FN4O4. The van der Waals surface area contributed by atoms with E-state index in [2.05, 4.69) is 15.2 Å². The van der Waals surface area contributed by atoms with Gasteiger partial charge in [0, 0.05) is 49.1 Å². The van der Waals surface area contributed by atoms with Crippen LogP contribution in [0.25, 0.3) is 11.1 Å². The Morgan fingerprint density at radius 3 is 2.66 bits per heavy atom. The SMILES string of the molecule is CCOC(=O)N1CCN(c2ccc(C3=CC(=C4C(=O)Nc5cc(F)ccc54)OC3(C)C)cn2)CC1. The number of ether oxygens (including phenoxy) is 2. The molecule has 0 unspecified atom stereocenters. The second kappa shape index (κ2) is 8.72. The van der Waals surface area contributed by atoms with Gasteiger partial charge >= 0.3 is 6.09 Å². The van der Waals surface area contributed by atoms with E-state index >= 15 is 0 Å². The zero-order valence-corrected chi connectivity index (χ0v) is 19.9. The number of allylic oxidation sites excluding steroid dienone is 1. The van der Waals surface area contributed by atoms with Gasteiger partial charge in [-0.1, -0.05) is 0 Å². The van der Waals surface area contributed by atoms with E-state index in [9.17, 15) is 14.0 Å². The van der Waals surface area contributed by atoms with E-state index in [1.165, 1.54) is 12.1 Å². The summed E-state index contributed by atoms with van der Waals surface area (Å²) < 4.78 is 24.9. The van der Waals surface area contributed by atoms with Gasteiger partial charge in [-0.05, 0) is 57.2 Å². The normalized spacial score (nSPS) is 20.8. The minimum Gasteiger partial charge on any atom is -0.482 e. The predicted octanol–water partition coefficient (Wildman–Crippen LogP) is 4.05. The van der Waals surface area contributed by atoms with Crippen molar-refractivity contribution in [2.75, 3.05) is 43.0 Å². The maximum Gasteiger partial charge on any atom is 0.409 e. The van der Waals surface area contributed by atoms with Gasteiger partial charge in [0.25, 0.3) is 5.91 Å². The molecule has 1 aromatic carbocycles. The molecule has 35 heavy (non-hydrogen) atoms. The zero-order valence-electron chi connectivity index (χ0n) is 19.9. The molecule has 5 rings (SSSR count). The van der Waals surface area contributed by atoms with E-state index < -0.39 is 11.4 Å². The molecule has 0 spiro atoms. The summed E-state index contributed by atoms with van der Waals surface area (Å²) >= 11 is 0. The molecule has 3 aliphatic rings. The van der Waals surface area contributed by atoms with Gasteiger partial charge < -0.3 is 24.6 Å². The van der Waals surface area contributed by atoms with Crippen molar-refractivity contribution >= 4 is 34.7 Å². The lowest BCUT2D eigenvalue weighted by Crippen LogP contribution is -2.49. The molecule has 1 fully saturated rings. The van der Waals surface area contributed by atoms with Crippen molar-refractivity contribution in [2.24, 2.45) is 0 Å². The number of nitrogens with zero attached hydrogens (tertiary/aromatic N) is 3. The smallest absolute Gasteiger partial charge is 0.409 e. The number of carbonyl (C=O) groups excluding carboxylic acids is 2. The van der Waals surface area contributed by atoms with E-state index in [0.717, 1.165) is 17.0 Å². The van der Waals surface area contributed by atoms with Crippen LogP contribution in [0.1, 0.15) is 31.9 Å². The number of rotatable bonds is 3. The molecule has 0 atom stereocenters. The largest absolute Gasteiger partial charge is 0.482 e. The Hall–Kier alpha value is -3.88. The number of halogens is 1. The molecule has 9 heteroatoms. The van der Waals surface area contributed by atoms with Gasteiger partial charge in [-0.15, -0.1) is 0 Å². The number of hydrogen-bond acceptors (Lipinski definition) is 6. The number of nitrogens with one attached hydrogen (secondary N) is 1. The van der Waals surface area contributed by atoms with Crippen molar-refractivity contribution in [3.05, 3.63) is 65.3 Å². The van der Waals surface area contributed by atoms with Crippen molar-refractivity contribution in [2.45, 2.75) is 26.4 Å². The standard InChI is InChI=1S/C26H27FN4O4/c1-4-34-25(33)31-11-9-30(10-12-31)22-8-5-16(15-28-22)19-14-21(35-26(19,2)3)23-18-7-6-17(27)13-20(18)29-24(23)32/h5-8,13-15H,4,9-12H2,1-3H3,(H,29,32). The molecule has 2 amide bonds. The molecule has 0 radical (unpaired) electrons. The Bertz CT molecular complexity index is 1240. The van der Waals surface area contributed by atoms with Gasteiger partial charge in [-0.25, -0.2) is 14.2 Å². The average molecular weight is 479 g/mol. The number of benzene rings is 1. The summed E-state index contributed by atoms with van der Waals surface area (Å²) in [5.74, 6) is 0.559. The molecule has 0 bridgehead atoms. The lowest BCUT2D eigenvalue weighted by molar-refractivity contribution is -0.111. The molecule has 1 aromatic heterocycles. The lowest BCUT2D eigenvalue weighted by Gasteiger charge is -2.34. The zero-order chi connectivity index (χ0) is 24.7. The molecule has 3 aliphatic heterocycles. The van der Waals surface area contributed by atoms with Gasteiger partial charge in [0.2, 0.25) is 0 Å². The molecule has 0 aliphatic carbocycles. The fraction of sp³-hybridized carbons (Fsp3) is 0.346. The van der Waals surface area contributed by atoms with Crippen molar-refractivity contribution in [3.8, 4) is 0 Å². The second-order valence-corrected chi connectivity index (χ2v) is 9.13. The number of pyridine rings is 1. The van der Waals surface area contributed by atoms with Gasteiger partial charge in [-0.3, -0.25) is 4.79 Å². The Balaban J connectivity index is 1.37. The Morgan fingerprint density at radius 2 is 1.97 bits per heavy atom. The van der Waals surface area contributed by atoms with Crippen LogP contribution in [0.2, 0.25) is 0 Å². The third-order valence-electron chi connectivity index (χ3n) is 6.45. The minimum absolute atomic E-state index is 0.278. The van der Waals surface area contributed by atoms with Crippen LogP contribution < -0.4 is 10.2 Å². The number of carbonyl (C=O) groups is 2. The molecule has 8 nitrogen and oxygen atoms in total. The maximum absolute atomic E-state index is 13.6. The number of aromatic nitrogens is 1. The van der Waals surface area contributed by atoms with Crippen LogP contribution in [-0.2, 0) is 14.3 Å². The Morgan fingerprint density at radius 1 is 1.20 bits per heavy atom. The topological polar surface area (TPSA) is 84.0 Å². The number of amides is 2. The van der Waals surface area contributed by atoms with Crippen LogP contribution in [0.3, 0.4) is 0 Å². The van der Waals surface area contributed by atoms with Crippen molar-refractivity contribution in [1.82, 2.24) is 9.88 Å². The van der Waals surface area contributed by atoms with E-state index in [-0.39, 0.29) is 12.0 Å². The summed E-state index contributed by atoms with van der Waals surface area (Å²) in [4.78, 5) is 33.1. The monoisotopic (exact) mass is 478 g/mol. The molecular weight excluding hydrogens is 451 g/mol. The summed E-state index contributed by atoms with van der Waals surface area (Å²) in [6, 6.07) is 8.17. The Kier molecular flexibility index (Phi) is 5.70. The lowest BCUT2D eigenvalue weighted by atomic mass is 9.93.